The van der Waals surface area contributed by atoms with Crippen molar-refractivity contribution in [3.8, 4) is 0 Å². The Kier molecular flexibility index (Phi) is 2.59. The molecule has 0 aliphatic heterocycles. The van der Waals surface area contributed by atoms with Crippen LogP contribution in [-0.2, 0) is 0 Å². The molecule has 1 aromatic carbocycles. The first-order valence-corrected chi connectivity index (χ1v) is 4.59. The zero-order valence-electron chi connectivity index (χ0n) is 6.06. The number of carboxylic acid groups (broad SMARTS) is 1. The van der Waals surface area contributed by atoms with E-state index in [-0.39, 0.29) is 5.56 Å². The number of aromatic carboxylic acids is 1. The van der Waals surface area contributed by atoms with E-state index in [1.807, 2.05) is 0 Å². The number of carboxylic acids is 1. The Hall–Kier alpha value is -1.17. The highest BCUT2D eigenvalue weighted by Gasteiger charge is 2.09. The van der Waals surface area contributed by atoms with Gasteiger partial charge in [0.1, 0.15) is 0 Å². The average molecular weight is 183 g/mol. The van der Waals surface area contributed by atoms with Gasteiger partial charge in [-0.15, -0.1) is 0 Å². The van der Waals surface area contributed by atoms with Crippen LogP contribution in [0.15, 0.2) is 24.3 Å². The molecule has 0 saturated carbocycles. The lowest BCUT2D eigenvalue weighted by Crippen LogP contribution is -2.29. The number of hydrogen-bond donors (Lipinski definition) is 3. The molecular weight excluding hydrogens is 176 g/mol. The topological polar surface area (TPSA) is 77.8 Å². The molecule has 0 aromatic heterocycles. The van der Waals surface area contributed by atoms with Gasteiger partial charge in [0.25, 0.3) is 0 Å². The fourth-order valence-corrected chi connectivity index (χ4v) is 1.23. The summed E-state index contributed by atoms with van der Waals surface area (Å²) in [5, 5.41) is 8.88. The van der Waals surface area contributed by atoms with E-state index in [1.165, 1.54) is 24.3 Å². The summed E-state index contributed by atoms with van der Waals surface area (Å²) in [6.07, 6.45) is 0. The molecule has 5 heteroatoms. The van der Waals surface area contributed by atoms with E-state index in [1.54, 1.807) is 0 Å². The second kappa shape index (κ2) is 3.48. The van der Waals surface area contributed by atoms with Crippen molar-refractivity contribution in [1.82, 2.24) is 0 Å². The summed E-state index contributed by atoms with van der Waals surface area (Å²) in [7, 11) is -2.45. The Balaban J connectivity index is 2.93. The largest absolute Gasteiger partial charge is 0.478 e. The SMILES string of the molecule is O=C(O)c1ccc([Si](O)O)cc1. The van der Waals surface area contributed by atoms with Gasteiger partial charge in [-0.3, -0.25) is 0 Å². The minimum Gasteiger partial charge on any atom is -0.478 e. The summed E-state index contributed by atoms with van der Waals surface area (Å²) >= 11 is 0. The van der Waals surface area contributed by atoms with Crippen molar-refractivity contribution in [2.24, 2.45) is 0 Å². The third kappa shape index (κ3) is 1.91. The lowest BCUT2D eigenvalue weighted by molar-refractivity contribution is 0.0697. The molecule has 1 radical (unpaired) electrons. The van der Waals surface area contributed by atoms with Crippen LogP contribution in [0.4, 0.5) is 0 Å². The molecule has 0 unspecified atom stereocenters. The van der Waals surface area contributed by atoms with E-state index in [4.69, 9.17) is 14.7 Å². The number of carbonyl (C=O) groups is 1. The number of benzene rings is 1. The summed E-state index contributed by atoms with van der Waals surface area (Å²) in [5.74, 6) is -1.02. The second-order valence-electron chi connectivity index (χ2n) is 2.21. The van der Waals surface area contributed by atoms with Crippen molar-refractivity contribution >= 4 is 20.4 Å². The van der Waals surface area contributed by atoms with E-state index in [9.17, 15) is 4.79 Å². The van der Waals surface area contributed by atoms with Crippen molar-refractivity contribution in [2.45, 2.75) is 0 Å². The molecule has 1 aromatic rings. The van der Waals surface area contributed by atoms with Crippen molar-refractivity contribution < 1.29 is 19.5 Å². The molecule has 3 N–H and O–H groups in total. The summed E-state index contributed by atoms with van der Waals surface area (Å²) in [5.41, 5.74) is 0.141. The summed E-state index contributed by atoms with van der Waals surface area (Å²) in [4.78, 5) is 27.9. The van der Waals surface area contributed by atoms with Crippen molar-refractivity contribution in [3.05, 3.63) is 29.8 Å². The predicted octanol–water partition coefficient (Wildman–Crippen LogP) is -0.935. The van der Waals surface area contributed by atoms with Crippen molar-refractivity contribution in [2.75, 3.05) is 0 Å². The minimum atomic E-state index is -2.45. The van der Waals surface area contributed by atoms with Gasteiger partial charge in [0.2, 0.25) is 0 Å². The molecule has 0 saturated heterocycles. The smallest absolute Gasteiger partial charge is 0.417 e. The lowest BCUT2D eigenvalue weighted by atomic mass is 10.2. The lowest BCUT2D eigenvalue weighted by Gasteiger charge is -1.99. The molecule has 0 atom stereocenters. The zero-order valence-corrected chi connectivity index (χ0v) is 7.06. The zero-order chi connectivity index (χ0) is 9.14. The Morgan fingerprint density at radius 3 is 2.00 bits per heavy atom. The molecule has 12 heavy (non-hydrogen) atoms. The summed E-state index contributed by atoms with van der Waals surface area (Å²) in [6, 6.07) is 5.49. The average Bonchev–Trinajstić information content (AvgIpc) is 2.04. The highest BCUT2D eigenvalue weighted by Crippen LogP contribution is 1.96. The molecule has 0 bridgehead atoms. The van der Waals surface area contributed by atoms with Gasteiger partial charge in [0, 0.05) is 0 Å². The Labute approximate surface area is 70.6 Å². The van der Waals surface area contributed by atoms with Crippen LogP contribution in [0.1, 0.15) is 10.4 Å². The van der Waals surface area contributed by atoms with Crippen LogP contribution in [0.25, 0.3) is 0 Å². The van der Waals surface area contributed by atoms with E-state index in [0.717, 1.165) is 0 Å². The molecule has 0 heterocycles. The van der Waals surface area contributed by atoms with Crippen molar-refractivity contribution in [1.29, 1.82) is 0 Å². The van der Waals surface area contributed by atoms with Gasteiger partial charge < -0.3 is 14.7 Å². The van der Waals surface area contributed by atoms with Crippen LogP contribution in [0.5, 0.6) is 0 Å². The van der Waals surface area contributed by atoms with Gasteiger partial charge in [0.15, 0.2) is 0 Å². The predicted molar refractivity (Wildman–Crippen MR) is 43.2 cm³/mol. The third-order valence-electron chi connectivity index (χ3n) is 1.39. The fourth-order valence-electron chi connectivity index (χ4n) is 0.762. The molecule has 0 aliphatic rings. The van der Waals surface area contributed by atoms with Gasteiger partial charge in [0.05, 0.1) is 5.56 Å². The maximum atomic E-state index is 10.4. The maximum absolute atomic E-state index is 10.4. The van der Waals surface area contributed by atoms with Gasteiger partial charge in [-0.05, 0) is 17.3 Å². The molecular formula is C7H7O4Si. The minimum absolute atomic E-state index is 0.141. The first kappa shape index (κ1) is 8.92. The van der Waals surface area contributed by atoms with Crippen LogP contribution >= 0.6 is 0 Å². The summed E-state index contributed by atoms with van der Waals surface area (Å²) < 4.78 is 0. The Morgan fingerprint density at radius 2 is 1.67 bits per heavy atom. The Bertz CT molecular complexity index is 280. The van der Waals surface area contributed by atoms with E-state index >= 15 is 0 Å². The highest BCUT2D eigenvalue weighted by molar-refractivity contribution is 6.58. The normalized spacial score (nSPS) is 10.2. The fraction of sp³-hybridized carbons (Fsp3) is 0. The molecule has 0 aliphatic carbocycles. The van der Waals surface area contributed by atoms with E-state index in [2.05, 4.69) is 0 Å². The highest BCUT2D eigenvalue weighted by atomic mass is 28.3. The van der Waals surface area contributed by atoms with Gasteiger partial charge >= 0.3 is 15.3 Å². The van der Waals surface area contributed by atoms with Crippen LogP contribution in [0, 0.1) is 0 Å². The number of hydrogen-bond acceptors (Lipinski definition) is 3. The van der Waals surface area contributed by atoms with E-state index in [0.29, 0.717) is 5.19 Å². The van der Waals surface area contributed by atoms with Crippen molar-refractivity contribution in [3.63, 3.8) is 0 Å². The Morgan fingerprint density at radius 1 is 1.17 bits per heavy atom. The molecule has 0 fully saturated rings. The first-order chi connectivity index (χ1) is 5.61. The maximum Gasteiger partial charge on any atom is 0.417 e. The first-order valence-electron chi connectivity index (χ1n) is 3.20. The molecule has 1 rings (SSSR count). The van der Waals surface area contributed by atoms with E-state index < -0.39 is 15.3 Å². The van der Waals surface area contributed by atoms with Crippen LogP contribution in [0.3, 0.4) is 0 Å². The van der Waals surface area contributed by atoms with Gasteiger partial charge in [-0.1, -0.05) is 12.1 Å². The molecule has 63 valence electrons. The molecule has 0 amide bonds. The quantitative estimate of drug-likeness (QED) is 0.517. The summed E-state index contributed by atoms with van der Waals surface area (Å²) in [6.45, 7) is 0. The monoisotopic (exact) mass is 183 g/mol. The van der Waals surface area contributed by atoms with Crippen LogP contribution in [0.2, 0.25) is 0 Å². The van der Waals surface area contributed by atoms with Crippen LogP contribution in [-0.4, -0.2) is 30.0 Å². The second-order valence-corrected chi connectivity index (χ2v) is 3.43. The standard InChI is InChI=1S/C7H7O4Si/c8-7(9)5-1-3-6(4-2-5)12(10)11/h1-4,10-11H,(H,8,9). The third-order valence-corrected chi connectivity index (χ3v) is 2.24. The molecule has 4 nitrogen and oxygen atoms in total. The van der Waals surface area contributed by atoms with Gasteiger partial charge in [-0.2, -0.15) is 0 Å². The van der Waals surface area contributed by atoms with Crippen LogP contribution < -0.4 is 5.19 Å². The molecule has 0 spiro atoms. The number of rotatable bonds is 2. The van der Waals surface area contributed by atoms with Gasteiger partial charge in [-0.25, -0.2) is 4.79 Å².